The summed E-state index contributed by atoms with van der Waals surface area (Å²) in [7, 11) is -4.24. The molecule has 0 amide bonds. The number of hydrogen-bond donors (Lipinski definition) is 1. The van der Waals surface area contributed by atoms with Crippen LogP contribution in [0.25, 0.3) is 0 Å². The van der Waals surface area contributed by atoms with Gasteiger partial charge in [0.2, 0.25) is 0 Å². The highest BCUT2D eigenvalue weighted by atomic mass is 32.2. The van der Waals surface area contributed by atoms with Gasteiger partial charge in [0.25, 0.3) is 10.1 Å². The second kappa shape index (κ2) is 4.58. The van der Waals surface area contributed by atoms with Crippen molar-refractivity contribution in [2.45, 2.75) is 11.8 Å². The average molecular weight is 248 g/mol. The van der Waals surface area contributed by atoms with Crippen LogP contribution in [0.5, 0.6) is 0 Å². The fourth-order valence-electron chi connectivity index (χ4n) is 1.05. The Hall–Kier alpha value is -1.47. The average Bonchev–Trinajstić information content (AvgIpc) is 2.17. The van der Waals surface area contributed by atoms with E-state index >= 15 is 0 Å². The molecule has 0 saturated carbocycles. The topological polar surface area (TPSA) is 80.7 Å². The van der Waals surface area contributed by atoms with E-state index in [1.807, 2.05) is 0 Å². The summed E-state index contributed by atoms with van der Waals surface area (Å²) in [5.41, 5.74) is -0.320. The molecular weight excluding hydrogens is 239 g/mol. The predicted octanol–water partition coefficient (Wildman–Crippen LogP) is 1.25. The second-order valence-electron chi connectivity index (χ2n) is 2.81. The fraction of sp³-hybridized carbons (Fsp3) is 0.222. The van der Waals surface area contributed by atoms with Gasteiger partial charge in [-0.1, -0.05) is 0 Å². The Labute approximate surface area is 91.6 Å². The summed E-state index contributed by atoms with van der Waals surface area (Å²) in [6, 6.07) is 2.47. The maximum atomic E-state index is 13.2. The van der Waals surface area contributed by atoms with Gasteiger partial charge in [0, 0.05) is 0 Å². The van der Waals surface area contributed by atoms with E-state index in [1.165, 1.54) is 6.92 Å². The van der Waals surface area contributed by atoms with Crippen molar-refractivity contribution in [1.82, 2.24) is 0 Å². The van der Waals surface area contributed by atoms with Crippen molar-refractivity contribution in [2.75, 3.05) is 6.61 Å². The predicted molar refractivity (Wildman–Crippen MR) is 52.2 cm³/mol. The first-order valence-corrected chi connectivity index (χ1v) is 5.71. The van der Waals surface area contributed by atoms with Gasteiger partial charge in [-0.3, -0.25) is 4.18 Å². The van der Waals surface area contributed by atoms with Crippen molar-refractivity contribution >= 4 is 16.1 Å². The van der Waals surface area contributed by atoms with Crippen LogP contribution in [0, 0.1) is 5.82 Å². The molecule has 0 atom stereocenters. The summed E-state index contributed by atoms with van der Waals surface area (Å²) in [5, 5.41) is 8.64. The van der Waals surface area contributed by atoms with E-state index in [-0.39, 0.29) is 12.2 Å². The molecule has 1 aromatic rings. The molecule has 0 unspecified atom stereocenters. The summed E-state index contributed by atoms with van der Waals surface area (Å²) in [4.78, 5) is 9.82. The van der Waals surface area contributed by atoms with Crippen molar-refractivity contribution in [3.63, 3.8) is 0 Å². The zero-order chi connectivity index (χ0) is 12.3. The number of halogens is 1. The summed E-state index contributed by atoms with van der Waals surface area (Å²) >= 11 is 0. The minimum atomic E-state index is -4.24. The van der Waals surface area contributed by atoms with E-state index in [2.05, 4.69) is 4.18 Å². The molecule has 88 valence electrons. The molecule has 7 heteroatoms. The molecule has 0 spiro atoms. The number of benzene rings is 1. The van der Waals surface area contributed by atoms with Crippen molar-refractivity contribution in [2.24, 2.45) is 0 Å². The van der Waals surface area contributed by atoms with Gasteiger partial charge in [0.1, 0.15) is 10.7 Å². The van der Waals surface area contributed by atoms with E-state index < -0.39 is 26.8 Å². The largest absolute Gasteiger partial charge is 0.478 e. The van der Waals surface area contributed by atoms with Gasteiger partial charge in [-0.2, -0.15) is 8.42 Å². The van der Waals surface area contributed by atoms with Crippen LogP contribution in [0.2, 0.25) is 0 Å². The summed E-state index contributed by atoms with van der Waals surface area (Å²) < 4.78 is 40.3. The van der Waals surface area contributed by atoms with Crippen LogP contribution >= 0.6 is 0 Å². The highest BCUT2D eigenvalue weighted by Gasteiger charge is 2.21. The molecule has 0 heterocycles. The number of rotatable bonds is 4. The lowest BCUT2D eigenvalue weighted by molar-refractivity contribution is 0.0696. The van der Waals surface area contributed by atoms with E-state index in [4.69, 9.17) is 5.11 Å². The second-order valence-corrected chi connectivity index (χ2v) is 4.39. The van der Waals surface area contributed by atoms with Gasteiger partial charge in [-0.05, 0) is 25.1 Å². The molecule has 0 radical (unpaired) electrons. The molecule has 0 bridgehead atoms. The third-order valence-electron chi connectivity index (χ3n) is 1.72. The maximum Gasteiger partial charge on any atom is 0.335 e. The van der Waals surface area contributed by atoms with Crippen LogP contribution in [-0.2, 0) is 14.3 Å². The minimum absolute atomic E-state index is 0.154. The van der Waals surface area contributed by atoms with E-state index in [0.29, 0.717) is 0 Å². The van der Waals surface area contributed by atoms with E-state index in [0.717, 1.165) is 18.2 Å². The quantitative estimate of drug-likeness (QED) is 0.811. The van der Waals surface area contributed by atoms with Crippen molar-refractivity contribution in [1.29, 1.82) is 0 Å². The summed E-state index contributed by atoms with van der Waals surface area (Å²) in [6.07, 6.45) is 0. The van der Waals surface area contributed by atoms with Crippen LogP contribution in [0.1, 0.15) is 17.3 Å². The van der Waals surface area contributed by atoms with Gasteiger partial charge in [-0.25, -0.2) is 9.18 Å². The van der Waals surface area contributed by atoms with Crippen LogP contribution < -0.4 is 0 Å². The van der Waals surface area contributed by atoms with Gasteiger partial charge in [0.15, 0.2) is 0 Å². The Kier molecular flexibility index (Phi) is 3.61. The molecule has 16 heavy (non-hydrogen) atoms. The number of carboxylic acids is 1. The van der Waals surface area contributed by atoms with Gasteiger partial charge in [-0.15, -0.1) is 0 Å². The lowest BCUT2D eigenvalue weighted by Crippen LogP contribution is -2.10. The van der Waals surface area contributed by atoms with Gasteiger partial charge < -0.3 is 5.11 Å². The molecule has 1 N–H and O–H groups in total. The molecule has 1 aromatic carbocycles. The summed E-state index contributed by atoms with van der Waals surface area (Å²) in [5.74, 6) is -2.38. The molecule has 0 aliphatic heterocycles. The van der Waals surface area contributed by atoms with Crippen molar-refractivity contribution in [3.8, 4) is 0 Å². The molecule has 5 nitrogen and oxygen atoms in total. The normalized spacial score (nSPS) is 11.4. The van der Waals surface area contributed by atoms with Gasteiger partial charge >= 0.3 is 5.97 Å². The zero-order valence-electron chi connectivity index (χ0n) is 8.31. The first kappa shape index (κ1) is 12.6. The van der Waals surface area contributed by atoms with Crippen LogP contribution in [-0.4, -0.2) is 26.1 Å². The molecule has 0 saturated heterocycles. The third-order valence-corrected chi connectivity index (χ3v) is 3.12. The van der Waals surface area contributed by atoms with Crippen LogP contribution in [0.15, 0.2) is 23.1 Å². The summed E-state index contributed by atoms with van der Waals surface area (Å²) in [6.45, 7) is 1.27. The number of carbonyl (C=O) groups is 1. The highest BCUT2D eigenvalue weighted by molar-refractivity contribution is 7.86. The lowest BCUT2D eigenvalue weighted by atomic mass is 10.2. The third kappa shape index (κ3) is 2.56. The van der Waals surface area contributed by atoms with Gasteiger partial charge in [0.05, 0.1) is 12.2 Å². The van der Waals surface area contributed by atoms with Crippen LogP contribution in [0.3, 0.4) is 0 Å². The Morgan fingerprint density at radius 2 is 2.12 bits per heavy atom. The number of hydrogen-bond acceptors (Lipinski definition) is 4. The van der Waals surface area contributed by atoms with Crippen molar-refractivity contribution < 1.29 is 26.9 Å². The minimum Gasteiger partial charge on any atom is -0.478 e. The molecule has 0 aliphatic carbocycles. The Balaban J connectivity index is 3.33. The zero-order valence-corrected chi connectivity index (χ0v) is 9.12. The molecule has 0 fully saturated rings. The Bertz CT molecular complexity index is 509. The molecule has 0 aromatic heterocycles. The fourth-order valence-corrected chi connectivity index (χ4v) is 2.06. The van der Waals surface area contributed by atoms with E-state index in [9.17, 15) is 17.6 Å². The van der Waals surface area contributed by atoms with Crippen LogP contribution in [0.4, 0.5) is 4.39 Å². The SMILES string of the molecule is CCOS(=O)(=O)c1cc(C(=O)O)ccc1F. The standard InChI is InChI=1S/C9H9FO5S/c1-2-15-16(13,14)8-5-6(9(11)12)3-4-7(8)10/h3-5H,2H2,1H3,(H,11,12). The number of carboxylic acid groups (broad SMARTS) is 1. The Morgan fingerprint density at radius 1 is 1.50 bits per heavy atom. The first-order valence-electron chi connectivity index (χ1n) is 4.30. The lowest BCUT2D eigenvalue weighted by Gasteiger charge is -2.05. The van der Waals surface area contributed by atoms with E-state index in [1.54, 1.807) is 0 Å². The monoisotopic (exact) mass is 248 g/mol. The smallest absolute Gasteiger partial charge is 0.335 e. The number of aromatic carboxylic acids is 1. The molecule has 1 rings (SSSR count). The molecular formula is C9H9FO5S. The van der Waals surface area contributed by atoms with Crippen molar-refractivity contribution in [3.05, 3.63) is 29.6 Å². The first-order chi connectivity index (χ1) is 7.38. The molecule has 0 aliphatic rings. The highest BCUT2D eigenvalue weighted by Crippen LogP contribution is 2.18. The Morgan fingerprint density at radius 3 is 2.62 bits per heavy atom. The maximum absolute atomic E-state index is 13.2.